The number of nitrogens with one attached hydrogen (secondary N) is 1. The number of ether oxygens (including phenoxy) is 2. The van der Waals surface area contributed by atoms with Gasteiger partial charge in [-0.05, 0) is 49.9 Å². The molecule has 1 N–H and O–H groups in total. The highest BCUT2D eigenvalue weighted by atomic mass is 35.5. The zero-order valence-corrected chi connectivity index (χ0v) is 22.7. The lowest BCUT2D eigenvalue weighted by molar-refractivity contribution is -0.147. The van der Waals surface area contributed by atoms with Crippen LogP contribution in [0, 0.1) is 0 Å². The van der Waals surface area contributed by atoms with E-state index in [0.717, 1.165) is 15.8 Å². The van der Waals surface area contributed by atoms with Gasteiger partial charge >= 0.3 is 12.1 Å². The predicted octanol–water partition coefficient (Wildman–Crippen LogP) is 5.21. The van der Waals surface area contributed by atoms with Gasteiger partial charge in [0.25, 0.3) is 0 Å². The molecule has 3 heterocycles. The number of halogens is 2. The number of fused-ring (bicyclic) bond motifs is 1. The average molecular weight is 552 g/mol. The molecule has 1 amide bonds. The second-order valence-corrected chi connectivity index (χ2v) is 11.0. The van der Waals surface area contributed by atoms with E-state index in [1.165, 1.54) is 23.3 Å². The summed E-state index contributed by atoms with van der Waals surface area (Å²) >= 11 is 13.9. The standard InChI is InChI=1S/C24H27Cl2N5O4S/c1-24(2,3)35-23(33)31-9-8-30(13-18(31)21(32)34-4)22-28-17-7-10-36-19(17)20(29-22)27-12-14-5-6-15(25)11-16(14)26/h5-7,10-11,18H,8-9,12-13H2,1-4H3,(H,27,28,29)/t18-/m1/s1. The molecule has 0 spiro atoms. The number of amides is 1. The first kappa shape index (κ1) is 26.2. The number of esters is 1. The molecular weight excluding hydrogens is 525 g/mol. The number of rotatable bonds is 5. The minimum absolute atomic E-state index is 0.171. The Morgan fingerprint density at radius 3 is 2.67 bits per heavy atom. The van der Waals surface area contributed by atoms with Crippen LogP contribution in [0.4, 0.5) is 16.6 Å². The van der Waals surface area contributed by atoms with Gasteiger partial charge in [-0.25, -0.2) is 14.6 Å². The Bertz CT molecular complexity index is 1280. The number of thiophene rings is 1. The Morgan fingerprint density at radius 2 is 1.97 bits per heavy atom. The molecule has 1 aliphatic heterocycles. The summed E-state index contributed by atoms with van der Waals surface area (Å²) in [6.07, 6.45) is -0.561. The van der Waals surface area contributed by atoms with Gasteiger partial charge in [-0.3, -0.25) is 4.90 Å². The number of methoxy groups -OCH3 is 1. The van der Waals surface area contributed by atoms with Crippen LogP contribution in [0.2, 0.25) is 10.0 Å². The normalized spacial score (nSPS) is 16.2. The third-order valence-corrected chi connectivity index (χ3v) is 7.01. The fourth-order valence-corrected chi connectivity index (χ4v) is 5.07. The Hall–Kier alpha value is -2.82. The highest BCUT2D eigenvalue weighted by molar-refractivity contribution is 7.17. The molecule has 12 heteroatoms. The number of aromatic nitrogens is 2. The van der Waals surface area contributed by atoms with Crippen molar-refractivity contribution in [1.29, 1.82) is 0 Å². The zero-order valence-electron chi connectivity index (χ0n) is 20.4. The van der Waals surface area contributed by atoms with E-state index in [2.05, 4.69) is 5.32 Å². The molecule has 9 nitrogen and oxygen atoms in total. The van der Waals surface area contributed by atoms with Crippen molar-refractivity contribution in [3.63, 3.8) is 0 Å². The fraction of sp³-hybridized carbons (Fsp3) is 0.417. The van der Waals surface area contributed by atoms with E-state index in [4.69, 9.17) is 42.6 Å². The number of hydrogen-bond acceptors (Lipinski definition) is 9. The summed E-state index contributed by atoms with van der Waals surface area (Å²) in [5, 5.41) is 6.43. The van der Waals surface area contributed by atoms with Crippen LogP contribution in [0.5, 0.6) is 0 Å². The van der Waals surface area contributed by atoms with Crippen LogP contribution >= 0.6 is 34.5 Å². The second-order valence-electron chi connectivity index (χ2n) is 9.26. The van der Waals surface area contributed by atoms with Gasteiger partial charge in [-0.1, -0.05) is 29.3 Å². The molecule has 0 bridgehead atoms. The lowest BCUT2D eigenvalue weighted by atomic mass is 10.1. The molecule has 36 heavy (non-hydrogen) atoms. The molecule has 1 fully saturated rings. The van der Waals surface area contributed by atoms with Crippen molar-refractivity contribution in [3.05, 3.63) is 45.3 Å². The van der Waals surface area contributed by atoms with Crippen LogP contribution in [0.3, 0.4) is 0 Å². The summed E-state index contributed by atoms with van der Waals surface area (Å²) in [5.74, 6) is 0.571. The lowest BCUT2D eigenvalue weighted by Crippen LogP contribution is -2.59. The average Bonchev–Trinajstić information content (AvgIpc) is 3.30. The Labute approximate surface area is 223 Å². The van der Waals surface area contributed by atoms with E-state index in [0.29, 0.717) is 34.9 Å². The van der Waals surface area contributed by atoms with Crippen molar-refractivity contribution in [2.24, 2.45) is 0 Å². The van der Waals surface area contributed by atoms with Crippen LogP contribution in [-0.2, 0) is 20.8 Å². The minimum atomic E-state index is -0.857. The van der Waals surface area contributed by atoms with E-state index in [9.17, 15) is 9.59 Å². The molecule has 2 aromatic heterocycles. The molecule has 1 atom stereocenters. The zero-order chi connectivity index (χ0) is 26.0. The van der Waals surface area contributed by atoms with Crippen molar-refractivity contribution in [2.45, 2.75) is 39.0 Å². The molecule has 0 aliphatic carbocycles. The van der Waals surface area contributed by atoms with Crippen LogP contribution < -0.4 is 10.2 Å². The van der Waals surface area contributed by atoms with E-state index < -0.39 is 23.7 Å². The summed E-state index contributed by atoms with van der Waals surface area (Å²) in [5.41, 5.74) is 0.969. The molecule has 0 saturated carbocycles. The van der Waals surface area contributed by atoms with Gasteiger partial charge < -0.3 is 19.7 Å². The first-order valence-corrected chi connectivity index (χ1v) is 12.9. The molecule has 1 aromatic carbocycles. The number of piperazine rings is 1. The van der Waals surface area contributed by atoms with E-state index in [1.807, 2.05) is 22.4 Å². The smallest absolute Gasteiger partial charge is 0.411 e. The quantitative estimate of drug-likeness (QED) is 0.431. The number of carbonyl (C=O) groups is 2. The van der Waals surface area contributed by atoms with E-state index >= 15 is 0 Å². The Kier molecular flexibility index (Phi) is 7.77. The molecule has 1 aliphatic rings. The summed E-state index contributed by atoms with van der Waals surface area (Å²) in [7, 11) is 1.30. The minimum Gasteiger partial charge on any atom is -0.467 e. The Balaban J connectivity index is 1.58. The highest BCUT2D eigenvalue weighted by Crippen LogP contribution is 2.31. The van der Waals surface area contributed by atoms with Crippen LogP contribution in [0.25, 0.3) is 10.2 Å². The summed E-state index contributed by atoms with van der Waals surface area (Å²) in [4.78, 5) is 38.1. The lowest BCUT2D eigenvalue weighted by Gasteiger charge is -2.40. The van der Waals surface area contributed by atoms with Crippen LogP contribution in [0.1, 0.15) is 26.3 Å². The number of anilines is 2. The van der Waals surface area contributed by atoms with Gasteiger partial charge in [0, 0.05) is 29.7 Å². The number of nitrogens with zero attached hydrogens (tertiary/aromatic N) is 4. The molecule has 3 aromatic rings. The molecule has 0 radical (unpaired) electrons. The van der Waals surface area contributed by atoms with Gasteiger partial charge in [0.1, 0.15) is 11.4 Å². The summed E-state index contributed by atoms with van der Waals surface area (Å²) in [6.45, 7) is 6.63. The van der Waals surface area contributed by atoms with Crippen molar-refractivity contribution >= 4 is 68.6 Å². The third kappa shape index (κ3) is 5.93. The molecule has 192 valence electrons. The SMILES string of the molecule is COC(=O)[C@H]1CN(c2nc(NCc3ccc(Cl)cc3Cl)c3sccc3n2)CCN1C(=O)OC(C)(C)C. The maximum Gasteiger partial charge on any atom is 0.411 e. The maximum atomic E-state index is 12.8. The van der Waals surface area contributed by atoms with Crippen molar-refractivity contribution in [3.8, 4) is 0 Å². The first-order valence-electron chi connectivity index (χ1n) is 11.3. The summed E-state index contributed by atoms with van der Waals surface area (Å²) < 4.78 is 11.4. The van der Waals surface area contributed by atoms with Crippen molar-refractivity contribution < 1.29 is 19.1 Å². The molecule has 4 rings (SSSR count). The van der Waals surface area contributed by atoms with Gasteiger partial charge in [0.15, 0.2) is 6.04 Å². The van der Waals surface area contributed by atoms with Gasteiger partial charge in [0.05, 0.1) is 23.9 Å². The van der Waals surface area contributed by atoms with E-state index in [1.54, 1.807) is 32.9 Å². The van der Waals surface area contributed by atoms with Gasteiger partial charge in [-0.2, -0.15) is 4.98 Å². The topological polar surface area (TPSA) is 96.9 Å². The van der Waals surface area contributed by atoms with Crippen LogP contribution in [-0.4, -0.2) is 65.3 Å². The van der Waals surface area contributed by atoms with Crippen molar-refractivity contribution in [2.75, 3.05) is 37.0 Å². The molecular formula is C24H27Cl2N5O4S. The number of carbonyl (C=O) groups excluding carboxylic acids is 2. The number of benzene rings is 1. The summed E-state index contributed by atoms with van der Waals surface area (Å²) in [6, 6.07) is 6.41. The fourth-order valence-electron chi connectivity index (χ4n) is 3.80. The highest BCUT2D eigenvalue weighted by Gasteiger charge is 2.39. The molecule has 1 saturated heterocycles. The van der Waals surface area contributed by atoms with Crippen molar-refractivity contribution in [1.82, 2.24) is 14.9 Å². The number of hydrogen-bond donors (Lipinski definition) is 1. The largest absolute Gasteiger partial charge is 0.467 e. The van der Waals surface area contributed by atoms with E-state index in [-0.39, 0.29) is 13.1 Å². The second kappa shape index (κ2) is 10.7. The molecule has 0 unspecified atom stereocenters. The first-order chi connectivity index (χ1) is 17.1. The Morgan fingerprint density at radius 1 is 1.19 bits per heavy atom. The third-order valence-electron chi connectivity index (χ3n) is 5.52. The monoisotopic (exact) mass is 551 g/mol. The predicted molar refractivity (Wildman–Crippen MR) is 142 cm³/mol. The van der Waals surface area contributed by atoms with Gasteiger partial charge in [-0.15, -0.1) is 11.3 Å². The maximum absolute atomic E-state index is 12.8. The van der Waals surface area contributed by atoms with Crippen LogP contribution in [0.15, 0.2) is 29.6 Å². The van der Waals surface area contributed by atoms with Gasteiger partial charge in [0.2, 0.25) is 5.95 Å².